The van der Waals surface area contributed by atoms with Gasteiger partial charge in [-0.15, -0.1) is 0 Å². The average Bonchev–Trinajstić information content (AvgIpc) is 2.87. The molecule has 2 aromatic heterocycles. The third-order valence-corrected chi connectivity index (χ3v) is 2.91. The first kappa shape index (κ1) is 10.9. The molecular formula is C10H14N8. The Morgan fingerprint density at radius 1 is 1.22 bits per heavy atom. The van der Waals surface area contributed by atoms with Crippen molar-refractivity contribution >= 4 is 11.9 Å². The molecule has 0 aromatic carbocycles. The number of rotatable bonds is 4. The van der Waals surface area contributed by atoms with Crippen LogP contribution in [0.5, 0.6) is 0 Å². The van der Waals surface area contributed by atoms with Gasteiger partial charge in [0.1, 0.15) is 12.7 Å². The van der Waals surface area contributed by atoms with Crippen molar-refractivity contribution in [2.45, 2.75) is 25.3 Å². The van der Waals surface area contributed by atoms with Crippen LogP contribution in [0.2, 0.25) is 0 Å². The molecule has 1 aliphatic rings. The second kappa shape index (κ2) is 4.55. The van der Waals surface area contributed by atoms with Crippen LogP contribution in [0.25, 0.3) is 5.95 Å². The van der Waals surface area contributed by atoms with Gasteiger partial charge in [0.15, 0.2) is 0 Å². The van der Waals surface area contributed by atoms with E-state index in [0.29, 0.717) is 23.9 Å². The molecule has 0 atom stereocenters. The molecule has 0 radical (unpaired) electrons. The fraction of sp³-hybridized carbons (Fsp3) is 0.500. The average molecular weight is 246 g/mol. The zero-order valence-corrected chi connectivity index (χ0v) is 10.0. The number of hydrogen-bond acceptors (Lipinski definition) is 7. The molecule has 0 unspecified atom stereocenters. The summed E-state index contributed by atoms with van der Waals surface area (Å²) < 4.78 is 1.51. The summed E-state index contributed by atoms with van der Waals surface area (Å²) >= 11 is 0. The van der Waals surface area contributed by atoms with E-state index < -0.39 is 0 Å². The summed E-state index contributed by atoms with van der Waals surface area (Å²) in [6.45, 7) is 0. The highest BCUT2D eigenvalue weighted by Crippen LogP contribution is 2.22. The molecule has 0 saturated heterocycles. The van der Waals surface area contributed by atoms with Crippen molar-refractivity contribution in [3.05, 3.63) is 12.7 Å². The van der Waals surface area contributed by atoms with E-state index in [1.807, 2.05) is 0 Å². The molecule has 1 saturated carbocycles. The highest BCUT2D eigenvalue weighted by molar-refractivity contribution is 5.38. The molecule has 8 nitrogen and oxygen atoms in total. The Bertz CT molecular complexity index is 519. The van der Waals surface area contributed by atoms with E-state index in [1.165, 1.54) is 30.3 Å². The fourth-order valence-electron chi connectivity index (χ4n) is 1.69. The summed E-state index contributed by atoms with van der Waals surface area (Å²) in [6.07, 6.45) is 6.60. The lowest BCUT2D eigenvalue weighted by atomic mass is 9.93. The largest absolute Gasteiger partial charge is 0.357 e. The van der Waals surface area contributed by atoms with Crippen LogP contribution >= 0.6 is 0 Å². The Balaban J connectivity index is 1.90. The monoisotopic (exact) mass is 246 g/mol. The molecule has 18 heavy (non-hydrogen) atoms. The summed E-state index contributed by atoms with van der Waals surface area (Å²) in [4.78, 5) is 16.7. The van der Waals surface area contributed by atoms with Crippen LogP contribution in [0.1, 0.15) is 19.3 Å². The van der Waals surface area contributed by atoms with Gasteiger partial charge in [-0.25, -0.2) is 4.98 Å². The molecular weight excluding hydrogens is 232 g/mol. The van der Waals surface area contributed by atoms with Crippen LogP contribution < -0.4 is 10.6 Å². The number of aromatic nitrogens is 6. The van der Waals surface area contributed by atoms with Gasteiger partial charge in [0.05, 0.1) is 0 Å². The molecule has 0 spiro atoms. The lowest BCUT2D eigenvalue weighted by Crippen LogP contribution is -2.28. The fourth-order valence-corrected chi connectivity index (χ4v) is 1.69. The first-order valence-electron chi connectivity index (χ1n) is 5.90. The van der Waals surface area contributed by atoms with E-state index in [2.05, 4.69) is 35.7 Å². The molecule has 1 aliphatic carbocycles. The van der Waals surface area contributed by atoms with Crippen LogP contribution in [-0.4, -0.2) is 42.8 Å². The van der Waals surface area contributed by atoms with Crippen molar-refractivity contribution in [3.8, 4) is 5.95 Å². The van der Waals surface area contributed by atoms with Gasteiger partial charge in [-0.1, -0.05) is 0 Å². The maximum absolute atomic E-state index is 4.33. The molecule has 1 fully saturated rings. The number of hydrogen-bond donors (Lipinski definition) is 2. The molecule has 2 aromatic rings. The second-order valence-corrected chi connectivity index (χ2v) is 4.14. The van der Waals surface area contributed by atoms with Crippen molar-refractivity contribution in [2.75, 3.05) is 17.7 Å². The molecule has 8 heteroatoms. The first-order chi connectivity index (χ1) is 8.85. The van der Waals surface area contributed by atoms with E-state index in [-0.39, 0.29) is 0 Å². The predicted octanol–water partition coefficient (Wildman–Crippen LogP) is 0.458. The van der Waals surface area contributed by atoms with Crippen LogP contribution in [0.4, 0.5) is 11.9 Å². The minimum Gasteiger partial charge on any atom is -0.357 e. The second-order valence-electron chi connectivity index (χ2n) is 4.14. The van der Waals surface area contributed by atoms with Crippen LogP contribution in [0.15, 0.2) is 12.7 Å². The quantitative estimate of drug-likeness (QED) is 0.809. The zero-order chi connectivity index (χ0) is 12.4. The zero-order valence-electron chi connectivity index (χ0n) is 10.0. The summed E-state index contributed by atoms with van der Waals surface area (Å²) in [5.74, 6) is 1.54. The SMILES string of the molecule is CNc1nc(NC2CCC2)nc(-n2cncn2)n1. The highest BCUT2D eigenvalue weighted by Gasteiger charge is 2.19. The summed E-state index contributed by atoms with van der Waals surface area (Å²) in [5, 5.41) is 10.2. The Labute approximate surface area is 104 Å². The van der Waals surface area contributed by atoms with Crippen molar-refractivity contribution in [2.24, 2.45) is 0 Å². The van der Waals surface area contributed by atoms with Gasteiger partial charge in [0, 0.05) is 13.1 Å². The van der Waals surface area contributed by atoms with Crippen molar-refractivity contribution in [1.82, 2.24) is 29.7 Å². The Kier molecular flexibility index (Phi) is 2.75. The molecule has 94 valence electrons. The normalized spacial score (nSPS) is 15.2. The third-order valence-electron chi connectivity index (χ3n) is 2.91. The van der Waals surface area contributed by atoms with E-state index >= 15 is 0 Å². The minimum absolute atomic E-state index is 0.452. The van der Waals surface area contributed by atoms with E-state index in [0.717, 1.165) is 0 Å². The Morgan fingerprint density at radius 3 is 2.67 bits per heavy atom. The van der Waals surface area contributed by atoms with Gasteiger partial charge in [-0.3, -0.25) is 0 Å². The number of nitrogens with one attached hydrogen (secondary N) is 2. The van der Waals surface area contributed by atoms with Gasteiger partial charge in [0.2, 0.25) is 11.9 Å². The third kappa shape index (κ3) is 2.08. The lowest BCUT2D eigenvalue weighted by Gasteiger charge is -2.26. The standard InChI is InChI=1S/C10H14N8/c1-11-8-15-9(14-7-3-2-4-7)17-10(16-8)18-6-12-5-13-18/h5-7H,2-4H2,1H3,(H2,11,14,15,16,17). The van der Waals surface area contributed by atoms with E-state index in [4.69, 9.17) is 0 Å². The maximum Gasteiger partial charge on any atom is 0.258 e. The van der Waals surface area contributed by atoms with E-state index in [9.17, 15) is 0 Å². The maximum atomic E-state index is 4.33. The molecule has 0 aliphatic heterocycles. The molecule has 0 amide bonds. The molecule has 0 bridgehead atoms. The molecule has 2 heterocycles. The van der Waals surface area contributed by atoms with Gasteiger partial charge < -0.3 is 10.6 Å². The number of nitrogens with zero attached hydrogens (tertiary/aromatic N) is 6. The van der Waals surface area contributed by atoms with E-state index in [1.54, 1.807) is 13.4 Å². The highest BCUT2D eigenvalue weighted by atomic mass is 15.4. The summed E-state index contributed by atoms with van der Waals surface area (Å²) in [6, 6.07) is 0.473. The van der Waals surface area contributed by atoms with Gasteiger partial charge in [0.25, 0.3) is 5.95 Å². The Hall–Kier alpha value is -2.25. The smallest absolute Gasteiger partial charge is 0.258 e. The van der Waals surface area contributed by atoms with Crippen LogP contribution in [-0.2, 0) is 0 Å². The van der Waals surface area contributed by atoms with Crippen LogP contribution in [0, 0.1) is 0 Å². The van der Waals surface area contributed by atoms with Gasteiger partial charge in [-0.2, -0.15) is 24.7 Å². The predicted molar refractivity (Wildman–Crippen MR) is 65.6 cm³/mol. The van der Waals surface area contributed by atoms with Crippen LogP contribution in [0.3, 0.4) is 0 Å². The van der Waals surface area contributed by atoms with Gasteiger partial charge >= 0.3 is 0 Å². The first-order valence-corrected chi connectivity index (χ1v) is 5.90. The molecule has 3 rings (SSSR count). The van der Waals surface area contributed by atoms with Gasteiger partial charge in [-0.05, 0) is 19.3 Å². The Morgan fingerprint density at radius 2 is 2.06 bits per heavy atom. The summed E-state index contributed by atoms with van der Waals surface area (Å²) in [7, 11) is 1.77. The van der Waals surface area contributed by atoms with Crippen molar-refractivity contribution < 1.29 is 0 Å². The minimum atomic E-state index is 0.452. The number of anilines is 2. The summed E-state index contributed by atoms with van der Waals surface area (Å²) in [5.41, 5.74) is 0. The lowest BCUT2D eigenvalue weighted by molar-refractivity contribution is 0.443. The van der Waals surface area contributed by atoms with Crippen molar-refractivity contribution in [1.29, 1.82) is 0 Å². The van der Waals surface area contributed by atoms with Crippen molar-refractivity contribution in [3.63, 3.8) is 0 Å². The molecule has 2 N–H and O–H groups in total. The topological polar surface area (TPSA) is 93.4 Å².